The summed E-state index contributed by atoms with van der Waals surface area (Å²) in [5, 5.41) is 0. The van der Waals surface area contributed by atoms with Gasteiger partial charge in [-0.25, -0.2) is 0 Å². The summed E-state index contributed by atoms with van der Waals surface area (Å²) in [7, 11) is 1.41. The van der Waals surface area contributed by atoms with Gasteiger partial charge in [0.2, 0.25) is 5.91 Å². The molecular weight excluding hydrogens is 330 g/mol. The van der Waals surface area contributed by atoms with E-state index in [0.717, 1.165) is 70.9 Å². The Kier molecular flexibility index (Phi) is 11.7. The minimum atomic E-state index is -0.157. The molecular formula is C21H35NO4. The zero-order valence-electron chi connectivity index (χ0n) is 16.5. The van der Waals surface area contributed by atoms with Crippen molar-refractivity contribution in [2.45, 2.75) is 77.6 Å². The molecule has 0 spiro atoms. The molecule has 1 amide bonds. The number of ether oxygens (including phenoxy) is 1. The number of unbranched alkanes of at least 4 members (excludes halogenated alkanes) is 5. The Morgan fingerprint density at radius 1 is 1.12 bits per heavy atom. The van der Waals surface area contributed by atoms with Crippen molar-refractivity contribution < 1.29 is 19.1 Å². The Labute approximate surface area is 158 Å². The molecule has 1 heterocycles. The number of allylic oxidation sites excluding steroid dienone is 1. The number of carbonyl (C=O) groups is 3. The fourth-order valence-corrected chi connectivity index (χ4v) is 3.25. The third-order valence-corrected chi connectivity index (χ3v) is 4.90. The second-order valence-electron chi connectivity index (χ2n) is 7.10. The van der Waals surface area contributed by atoms with Crippen molar-refractivity contribution in [3.63, 3.8) is 0 Å². The first-order chi connectivity index (χ1) is 12.6. The lowest BCUT2D eigenvalue weighted by Crippen LogP contribution is -2.41. The van der Waals surface area contributed by atoms with Crippen molar-refractivity contribution in [2.24, 2.45) is 5.92 Å². The zero-order valence-corrected chi connectivity index (χ0v) is 16.5. The van der Waals surface area contributed by atoms with Gasteiger partial charge in [0.25, 0.3) is 0 Å². The largest absolute Gasteiger partial charge is 0.469 e. The normalized spacial score (nSPS) is 17.7. The Morgan fingerprint density at radius 3 is 2.58 bits per heavy atom. The highest BCUT2D eigenvalue weighted by Gasteiger charge is 2.26. The maximum absolute atomic E-state index is 12.5. The van der Waals surface area contributed by atoms with Crippen LogP contribution in [-0.4, -0.2) is 42.8 Å². The van der Waals surface area contributed by atoms with Crippen LogP contribution < -0.4 is 0 Å². The van der Waals surface area contributed by atoms with Crippen molar-refractivity contribution in [3.05, 3.63) is 12.2 Å². The molecule has 0 saturated carbocycles. The molecule has 0 aromatic carbocycles. The van der Waals surface area contributed by atoms with Gasteiger partial charge in [-0.2, -0.15) is 0 Å². The van der Waals surface area contributed by atoms with E-state index in [9.17, 15) is 14.4 Å². The van der Waals surface area contributed by atoms with Crippen LogP contribution >= 0.6 is 0 Å². The predicted molar refractivity (Wildman–Crippen MR) is 103 cm³/mol. The lowest BCUT2D eigenvalue weighted by molar-refractivity contribution is -0.140. The van der Waals surface area contributed by atoms with E-state index in [1.54, 1.807) is 6.08 Å². The van der Waals surface area contributed by atoms with Crippen LogP contribution in [0.15, 0.2) is 12.2 Å². The van der Waals surface area contributed by atoms with E-state index in [4.69, 9.17) is 0 Å². The van der Waals surface area contributed by atoms with E-state index in [0.29, 0.717) is 12.8 Å². The van der Waals surface area contributed by atoms with Crippen LogP contribution in [0.3, 0.4) is 0 Å². The van der Waals surface area contributed by atoms with Gasteiger partial charge in [0.1, 0.15) is 0 Å². The molecule has 1 rings (SSSR count). The zero-order chi connectivity index (χ0) is 19.2. The third-order valence-electron chi connectivity index (χ3n) is 4.90. The molecule has 5 heteroatoms. The van der Waals surface area contributed by atoms with Gasteiger partial charge >= 0.3 is 5.97 Å². The van der Waals surface area contributed by atoms with Gasteiger partial charge < -0.3 is 9.64 Å². The number of hydrogen-bond acceptors (Lipinski definition) is 4. The molecule has 26 heavy (non-hydrogen) atoms. The molecule has 0 N–H and O–H groups in total. The van der Waals surface area contributed by atoms with E-state index in [1.165, 1.54) is 7.11 Å². The Morgan fingerprint density at radius 2 is 1.85 bits per heavy atom. The SMILES string of the molecule is CCCCCC(=O)/C=C/C1CCCN(CCCCCCC(=O)OC)C1=O. The number of esters is 1. The van der Waals surface area contributed by atoms with Gasteiger partial charge in [-0.3, -0.25) is 14.4 Å². The molecule has 0 aromatic heterocycles. The lowest BCUT2D eigenvalue weighted by atomic mass is 9.95. The summed E-state index contributed by atoms with van der Waals surface area (Å²) >= 11 is 0. The van der Waals surface area contributed by atoms with Crippen LogP contribution in [0.2, 0.25) is 0 Å². The fourth-order valence-electron chi connectivity index (χ4n) is 3.25. The number of amides is 1. The van der Waals surface area contributed by atoms with Gasteiger partial charge in [0.05, 0.1) is 13.0 Å². The summed E-state index contributed by atoms with van der Waals surface area (Å²) in [5.74, 6) is -0.00863. The number of likely N-dealkylation sites (tertiary alicyclic amines) is 1. The maximum atomic E-state index is 12.5. The lowest BCUT2D eigenvalue weighted by Gasteiger charge is -2.31. The first kappa shape index (κ1) is 22.4. The van der Waals surface area contributed by atoms with E-state index in [-0.39, 0.29) is 23.6 Å². The Balaban J connectivity index is 2.26. The second-order valence-corrected chi connectivity index (χ2v) is 7.10. The monoisotopic (exact) mass is 365 g/mol. The summed E-state index contributed by atoms with van der Waals surface area (Å²) < 4.78 is 4.62. The van der Waals surface area contributed by atoms with Crippen molar-refractivity contribution >= 4 is 17.7 Å². The number of ketones is 1. The number of nitrogens with zero attached hydrogens (tertiary/aromatic N) is 1. The first-order valence-electron chi connectivity index (χ1n) is 10.1. The number of carbonyl (C=O) groups excluding carboxylic acids is 3. The van der Waals surface area contributed by atoms with E-state index in [1.807, 2.05) is 11.0 Å². The highest BCUT2D eigenvalue weighted by atomic mass is 16.5. The summed E-state index contributed by atoms with van der Waals surface area (Å²) in [5.41, 5.74) is 0. The number of piperidine rings is 1. The molecule has 1 saturated heterocycles. The van der Waals surface area contributed by atoms with Crippen LogP contribution in [-0.2, 0) is 19.1 Å². The highest BCUT2D eigenvalue weighted by molar-refractivity contribution is 5.91. The molecule has 1 fully saturated rings. The van der Waals surface area contributed by atoms with Crippen LogP contribution in [0.5, 0.6) is 0 Å². The van der Waals surface area contributed by atoms with Gasteiger partial charge in [-0.05, 0) is 38.2 Å². The summed E-state index contributed by atoms with van der Waals surface area (Å²) in [6, 6.07) is 0. The number of hydrogen-bond donors (Lipinski definition) is 0. The van der Waals surface area contributed by atoms with Gasteiger partial charge in [0, 0.05) is 25.9 Å². The molecule has 1 aliphatic rings. The van der Waals surface area contributed by atoms with Crippen LogP contribution in [0.25, 0.3) is 0 Å². The third kappa shape index (κ3) is 9.16. The summed E-state index contributed by atoms with van der Waals surface area (Å²) in [4.78, 5) is 37.4. The van der Waals surface area contributed by atoms with Crippen molar-refractivity contribution in [2.75, 3.05) is 20.2 Å². The smallest absolute Gasteiger partial charge is 0.305 e. The molecule has 0 radical (unpaired) electrons. The van der Waals surface area contributed by atoms with Crippen molar-refractivity contribution in [3.8, 4) is 0 Å². The molecule has 1 atom stereocenters. The Hall–Kier alpha value is -1.65. The minimum Gasteiger partial charge on any atom is -0.469 e. The molecule has 148 valence electrons. The molecule has 1 unspecified atom stereocenters. The molecule has 0 bridgehead atoms. The highest BCUT2D eigenvalue weighted by Crippen LogP contribution is 2.20. The van der Waals surface area contributed by atoms with Gasteiger partial charge in [-0.1, -0.05) is 38.7 Å². The average Bonchev–Trinajstić information content (AvgIpc) is 2.64. The minimum absolute atomic E-state index is 0.133. The molecule has 0 aliphatic carbocycles. The second kappa shape index (κ2) is 13.5. The first-order valence-corrected chi connectivity index (χ1v) is 10.1. The quantitative estimate of drug-likeness (QED) is 0.280. The van der Waals surface area contributed by atoms with E-state index >= 15 is 0 Å². The molecule has 0 aromatic rings. The average molecular weight is 366 g/mol. The standard InChI is InChI=1S/C21H35NO4/c1-3-4-7-12-19(23)15-14-18-11-10-17-22(21(18)25)16-9-6-5-8-13-20(24)26-2/h14-15,18H,3-13,16-17H2,1-2H3/b15-14+. The van der Waals surface area contributed by atoms with Crippen molar-refractivity contribution in [1.82, 2.24) is 4.90 Å². The fraction of sp³-hybridized carbons (Fsp3) is 0.762. The van der Waals surface area contributed by atoms with Crippen LogP contribution in [0, 0.1) is 5.92 Å². The Bertz CT molecular complexity index is 473. The van der Waals surface area contributed by atoms with Crippen LogP contribution in [0.4, 0.5) is 0 Å². The summed E-state index contributed by atoms with van der Waals surface area (Å²) in [6.07, 6.45) is 13.2. The van der Waals surface area contributed by atoms with Gasteiger partial charge in [0.15, 0.2) is 5.78 Å². The van der Waals surface area contributed by atoms with Crippen molar-refractivity contribution in [1.29, 1.82) is 0 Å². The number of rotatable bonds is 13. The predicted octanol–water partition coefficient (Wildman–Crippen LogP) is 4.05. The van der Waals surface area contributed by atoms with E-state index in [2.05, 4.69) is 11.7 Å². The maximum Gasteiger partial charge on any atom is 0.305 e. The summed E-state index contributed by atoms with van der Waals surface area (Å²) in [6.45, 7) is 3.70. The topological polar surface area (TPSA) is 63.7 Å². The van der Waals surface area contributed by atoms with E-state index < -0.39 is 0 Å². The van der Waals surface area contributed by atoms with Crippen LogP contribution in [0.1, 0.15) is 77.6 Å². The molecule has 1 aliphatic heterocycles. The molecule has 5 nitrogen and oxygen atoms in total. The number of methoxy groups -OCH3 is 1. The van der Waals surface area contributed by atoms with Gasteiger partial charge in [-0.15, -0.1) is 0 Å².